The summed E-state index contributed by atoms with van der Waals surface area (Å²) in [6.07, 6.45) is 4.96. The lowest BCUT2D eigenvalue weighted by atomic mass is 10.1. The van der Waals surface area contributed by atoms with Crippen molar-refractivity contribution in [2.24, 2.45) is 5.92 Å². The molecule has 0 aromatic heterocycles. The summed E-state index contributed by atoms with van der Waals surface area (Å²) in [7, 11) is 0. The van der Waals surface area contributed by atoms with E-state index in [1.165, 1.54) is 12.8 Å². The molecule has 2 nitrogen and oxygen atoms in total. The van der Waals surface area contributed by atoms with E-state index < -0.39 is 0 Å². The van der Waals surface area contributed by atoms with Crippen molar-refractivity contribution < 1.29 is 4.74 Å². The van der Waals surface area contributed by atoms with Crippen LogP contribution in [0, 0.1) is 5.92 Å². The molecule has 3 atom stereocenters. The van der Waals surface area contributed by atoms with E-state index in [0.717, 1.165) is 12.5 Å². The molecule has 1 saturated carbocycles. The first kappa shape index (κ1) is 7.32. The van der Waals surface area contributed by atoms with Gasteiger partial charge in [0.05, 0.1) is 12.7 Å². The predicted octanol–water partition coefficient (Wildman–Crippen LogP) is 0.939. The summed E-state index contributed by atoms with van der Waals surface area (Å²) in [5.74, 6) is 0.778. The van der Waals surface area contributed by atoms with Gasteiger partial charge in [-0.3, -0.25) is 0 Å². The van der Waals surface area contributed by atoms with Gasteiger partial charge < -0.3 is 10.1 Å². The highest BCUT2D eigenvalue weighted by molar-refractivity contribution is 4.98. The zero-order chi connectivity index (χ0) is 7.68. The van der Waals surface area contributed by atoms with Gasteiger partial charge in [0.15, 0.2) is 0 Å². The highest BCUT2D eigenvalue weighted by atomic mass is 16.5. The van der Waals surface area contributed by atoms with Crippen LogP contribution < -0.4 is 5.32 Å². The monoisotopic (exact) mass is 153 g/mol. The SMILES string of the molecule is C=CCOC1C2CCC1NC2. The Balaban J connectivity index is 1.89. The van der Waals surface area contributed by atoms with Crippen molar-refractivity contribution >= 4 is 0 Å². The fourth-order valence-electron chi connectivity index (χ4n) is 2.22. The Labute approximate surface area is 67.6 Å². The maximum Gasteiger partial charge on any atom is 0.0772 e. The average Bonchev–Trinajstić information content (AvgIpc) is 2.59. The summed E-state index contributed by atoms with van der Waals surface area (Å²) in [6.45, 7) is 5.51. The fourth-order valence-corrected chi connectivity index (χ4v) is 2.22. The van der Waals surface area contributed by atoms with Crippen LogP contribution in [0.4, 0.5) is 0 Å². The van der Waals surface area contributed by atoms with E-state index in [1.54, 1.807) is 0 Å². The smallest absolute Gasteiger partial charge is 0.0772 e. The first-order valence-electron chi connectivity index (χ1n) is 4.37. The van der Waals surface area contributed by atoms with E-state index >= 15 is 0 Å². The average molecular weight is 153 g/mol. The second kappa shape index (κ2) is 2.95. The maximum atomic E-state index is 5.66. The van der Waals surface area contributed by atoms with Gasteiger partial charge in [0.2, 0.25) is 0 Å². The van der Waals surface area contributed by atoms with E-state index in [0.29, 0.717) is 18.8 Å². The standard InChI is InChI=1S/C9H15NO/c1-2-5-11-9-7-3-4-8(9)10-6-7/h2,7-10H,1,3-6H2. The van der Waals surface area contributed by atoms with Gasteiger partial charge in [0.1, 0.15) is 0 Å². The third-order valence-corrected chi connectivity index (χ3v) is 2.76. The van der Waals surface area contributed by atoms with Gasteiger partial charge in [-0.1, -0.05) is 6.08 Å². The molecule has 2 bridgehead atoms. The third kappa shape index (κ3) is 1.21. The molecule has 1 heterocycles. The van der Waals surface area contributed by atoms with Crippen LogP contribution in [-0.4, -0.2) is 25.3 Å². The van der Waals surface area contributed by atoms with E-state index in [-0.39, 0.29) is 0 Å². The number of nitrogens with one attached hydrogen (secondary N) is 1. The minimum Gasteiger partial charge on any atom is -0.372 e. The molecule has 1 N–H and O–H groups in total. The Morgan fingerprint density at radius 3 is 2.91 bits per heavy atom. The molecule has 0 aromatic rings. The summed E-state index contributed by atoms with van der Waals surface area (Å²) in [4.78, 5) is 0. The van der Waals surface area contributed by atoms with Gasteiger partial charge in [-0.2, -0.15) is 0 Å². The molecule has 0 radical (unpaired) electrons. The molecule has 2 heteroatoms. The van der Waals surface area contributed by atoms with Crippen LogP contribution in [0.2, 0.25) is 0 Å². The van der Waals surface area contributed by atoms with Crippen LogP contribution in [0.3, 0.4) is 0 Å². The van der Waals surface area contributed by atoms with Crippen molar-refractivity contribution in [3.05, 3.63) is 12.7 Å². The summed E-state index contributed by atoms with van der Waals surface area (Å²) >= 11 is 0. The number of rotatable bonds is 3. The minimum absolute atomic E-state index is 0.480. The molecular formula is C9H15NO. The Bertz CT molecular complexity index is 138. The number of ether oxygens (including phenoxy) is 1. The molecule has 62 valence electrons. The van der Waals surface area contributed by atoms with Crippen LogP contribution >= 0.6 is 0 Å². The van der Waals surface area contributed by atoms with Crippen LogP contribution in [0.5, 0.6) is 0 Å². The van der Waals surface area contributed by atoms with E-state index in [2.05, 4.69) is 11.9 Å². The number of hydrogen-bond donors (Lipinski definition) is 1. The van der Waals surface area contributed by atoms with Crippen LogP contribution in [0.1, 0.15) is 12.8 Å². The molecule has 0 spiro atoms. The first-order valence-corrected chi connectivity index (χ1v) is 4.37. The summed E-state index contributed by atoms with van der Waals surface area (Å²) in [6, 6.07) is 0.639. The van der Waals surface area contributed by atoms with Crippen molar-refractivity contribution in [3.8, 4) is 0 Å². The van der Waals surface area contributed by atoms with Crippen molar-refractivity contribution in [2.45, 2.75) is 25.0 Å². The lowest BCUT2D eigenvalue weighted by Gasteiger charge is -2.13. The molecule has 2 aliphatic rings. The second-order valence-electron chi connectivity index (χ2n) is 3.44. The van der Waals surface area contributed by atoms with Crippen LogP contribution in [0.15, 0.2) is 12.7 Å². The second-order valence-corrected chi connectivity index (χ2v) is 3.44. The van der Waals surface area contributed by atoms with E-state index in [1.807, 2.05) is 6.08 Å². The van der Waals surface area contributed by atoms with E-state index in [9.17, 15) is 0 Å². The lowest BCUT2D eigenvalue weighted by Crippen LogP contribution is -2.29. The summed E-state index contributed by atoms with van der Waals surface area (Å²) in [5.41, 5.74) is 0. The fraction of sp³-hybridized carbons (Fsp3) is 0.778. The lowest BCUT2D eigenvalue weighted by molar-refractivity contribution is 0.0575. The molecule has 11 heavy (non-hydrogen) atoms. The first-order chi connectivity index (χ1) is 5.42. The normalized spacial score (nSPS) is 41.3. The van der Waals surface area contributed by atoms with Gasteiger partial charge in [-0.15, -0.1) is 6.58 Å². The van der Waals surface area contributed by atoms with E-state index in [4.69, 9.17) is 4.74 Å². The molecule has 1 aliphatic heterocycles. The van der Waals surface area contributed by atoms with Crippen molar-refractivity contribution in [1.82, 2.24) is 5.32 Å². The van der Waals surface area contributed by atoms with Crippen molar-refractivity contribution in [3.63, 3.8) is 0 Å². The topological polar surface area (TPSA) is 21.3 Å². The van der Waals surface area contributed by atoms with Crippen molar-refractivity contribution in [2.75, 3.05) is 13.2 Å². The van der Waals surface area contributed by atoms with Gasteiger partial charge >= 0.3 is 0 Å². The molecule has 0 amide bonds. The highest BCUT2D eigenvalue weighted by Gasteiger charge is 2.41. The Morgan fingerprint density at radius 2 is 2.45 bits per heavy atom. The third-order valence-electron chi connectivity index (χ3n) is 2.76. The molecular weight excluding hydrogens is 138 g/mol. The molecule has 1 aliphatic carbocycles. The molecule has 1 saturated heterocycles. The number of hydrogen-bond acceptors (Lipinski definition) is 2. The molecule has 2 rings (SSSR count). The largest absolute Gasteiger partial charge is 0.372 e. The zero-order valence-electron chi connectivity index (χ0n) is 6.75. The quantitative estimate of drug-likeness (QED) is 0.609. The molecule has 2 fully saturated rings. The van der Waals surface area contributed by atoms with Crippen LogP contribution in [-0.2, 0) is 4.74 Å². The summed E-state index contributed by atoms with van der Waals surface area (Å²) in [5, 5.41) is 3.46. The van der Waals surface area contributed by atoms with Gasteiger partial charge in [0.25, 0.3) is 0 Å². The highest BCUT2D eigenvalue weighted by Crippen LogP contribution is 2.33. The van der Waals surface area contributed by atoms with Gasteiger partial charge in [-0.05, 0) is 18.8 Å². The number of fused-ring (bicyclic) bond motifs is 2. The van der Waals surface area contributed by atoms with Crippen LogP contribution in [0.25, 0.3) is 0 Å². The zero-order valence-corrected chi connectivity index (χ0v) is 6.75. The molecule has 0 aromatic carbocycles. The molecule has 3 unspecified atom stereocenters. The van der Waals surface area contributed by atoms with Crippen molar-refractivity contribution in [1.29, 1.82) is 0 Å². The Hall–Kier alpha value is -0.340. The Kier molecular flexibility index (Phi) is 1.96. The predicted molar refractivity (Wildman–Crippen MR) is 44.5 cm³/mol. The minimum atomic E-state index is 0.480. The van der Waals surface area contributed by atoms with Gasteiger partial charge in [-0.25, -0.2) is 0 Å². The maximum absolute atomic E-state index is 5.66. The summed E-state index contributed by atoms with van der Waals surface area (Å²) < 4.78 is 5.66. The Morgan fingerprint density at radius 1 is 1.55 bits per heavy atom. The number of piperidine rings is 1. The van der Waals surface area contributed by atoms with Gasteiger partial charge in [0, 0.05) is 12.6 Å².